The van der Waals surface area contributed by atoms with Crippen molar-refractivity contribution >= 4 is 34.6 Å². The zero-order valence-corrected chi connectivity index (χ0v) is 14.8. The van der Waals surface area contributed by atoms with Gasteiger partial charge in [0.1, 0.15) is 10.8 Å². The lowest BCUT2D eigenvalue weighted by molar-refractivity contribution is -0.384. The minimum atomic E-state index is -0.602. The van der Waals surface area contributed by atoms with E-state index in [4.69, 9.17) is 11.6 Å². The number of aryl methyl sites for hydroxylation is 1. The molecule has 0 spiro atoms. The van der Waals surface area contributed by atoms with Crippen LogP contribution in [0.15, 0.2) is 36.4 Å². The van der Waals surface area contributed by atoms with Crippen LogP contribution in [0.1, 0.15) is 18.9 Å². The number of hydrogen-bond acceptors (Lipinski definition) is 4. The third-order valence-electron chi connectivity index (χ3n) is 4.46. The number of anilines is 2. The van der Waals surface area contributed by atoms with Crippen LogP contribution >= 0.6 is 11.6 Å². The van der Waals surface area contributed by atoms with E-state index in [-0.39, 0.29) is 35.0 Å². The first-order chi connectivity index (χ1) is 12.3. The molecule has 6 nitrogen and oxygen atoms in total. The molecule has 8 heteroatoms. The van der Waals surface area contributed by atoms with Crippen molar-refractivity contribution in [2.45, 2.75) is 25.8 Å². The largest absolute Gasteiger partial charge is 0.359 e. The van der Waals surface area contributed by atoms with Gasteiger partial charge in [0.05, 0.1) is 11.5 Å². The number of benzene rings is 2. The quantitative estimate of drug-likeness (QED) is 0.641. The molecule has 0 aliphatic carbocycles. The van der Waals surface area contributed by atoms with Crippen molar-refractivity contribution in [3.05, 3.63) is 62.9 Å². The van der Waals surface area contributed by atoms with E-state index in [1.807, 2.05) is 11.8 Å². The molecule has 26 heavy (non-hydrogen) atoms. The number of carbonyl (C=O) groups excluding carboxylic acids is 1. The first-order valence-corrected chi connectivity index (χ1v) is 8.52. The van der Waals surface area contributed by atoms with Gasteiger partial charge < -0.3 is 10.2 Å². The molecule has 0 saturated carbocycles. The Balaban J connectivity index is 1.76. The Labute approximate surface area is 154 Å². The molecule has 0 bridgehead atoms. The van der Waals surface area contributed by atoms with E-state index in [0.717, 1.165) is 24.1 Å². The summed E-state index contributed by atoms with van der Waals surface area (Å²) in [5.74, 6) is -0.609. The number of nitro groups is 1. The van der Waals surface area contributed by atoms with Crippen molar-refractivity contribution in [3.63, 3.8) is 0 Å². The third kappa shape index (κ3) is 3.77. The van der Waals surface area contributed by atoms with E-state index in [1.165, 1.54) is 30.3 Å². The van der Waals surface area contributed by atoms with Gasteiger partial charge in [0, 0.05) is 23.5 Å². The number of hydrogen-bond donors (Lipinski definition) is 1. The summed E-state index contributed by atoms with van der Waals surface area (Å²) in [6.07, 6.45) is 1.58. The maximum absolute atomic E-state index is 13.4. The Morgan fingerprint density at radius 3 is 2.88 bits per heavy atom. The van der Waals surface area contributed by atoms with Gasteiger partial charge in [-0.05, 0) is 55.7 Å². The molecule has 0 radical (unpaired) electrons. The summed E-state index contributed by atoms with van der Waals surface area (Å²) in [7, 11) is 0. The zero-order chi connectivity index (χ0) is 18.8. The highest BCUT2D eigenvalue weighted by Gasteiger charge is 2.25. The summed E-state index contributed by atoms with van der Waals surface area (Å²) in [5, 5.41) is 13.6. The second-order valence-corrected chi connectivity index (χ2v) is 6.67. The van der Waals surface area contributed by atoms with Crippen LogP contribution in [0.25, 0.3) is 0 Å². The van der Waals surface area contributed by atoms with Crippen LogP contribution in [0.4, 0.5) is 21.5 Å². The summed E-state index contributed by atoms with van der Waals surface area (Å²) in [6, 6.07) is 8.79. The van der Waals surface area contributed by atoms with Crippen molar-refractivity contribution in [3.8, 4) is 0 Å². The van der Waals surface area contributed by atoms with Crippen LogP contribution in [0, 0.1) is 15.9 Å². The lowest BCUT2D eigenvalue weighted by Gasteiger charge is -2.36. The fourth-order valence-corrected chi connectivity index (χ4v) is 3.31. The highest BCUT2D eigenvalue weighted by atomic mass is 35.5. The molecule has 1 aliphatic rings. The van der Waals surface area contributed by atoms with Crippen LogP contribution in [-0.4, -0.2) is 23.4 Å². The van der Waals surface area contributed by atoms with Crippen LogP contribution in [0.3, 0.4) is 0 Å². The number of nitro benzene ring substituents is 1. The number of rotatable bonds is 4. The summed E-state index contributed by atoms with van der Waals surface area (Å²) >= 11 is 5.78. The average molecular weight is 378 g/mol. The first-order valence-electron chi connectivity index (χ1n) is 8.14. The van der Waals surface area contributed by atoms with Crippen LogP contribution in [0.2, 0.25) is 5.02 Å². The second-order valence-electron chi connectivity index (χ2n) is 6.26. The van der Waals surface area contributed by atoms with Gasteiger partial charge in [0.2, 0.25) is 5.91 Å². The van der Waals surface area contributed by atoms with E-state index in [2.05, 4.69) is 5.32 Å². The molecule has 2 aromatic rings. The minimum Gasteiger partial charge on any atom is -0.359 e. The topological polar surface area (TPSA) is 75.5 Å². The predicted octanol–water partition coefficient (Wildman–Crippen LogP) is 4.17. The van der Waals surface area contributed by atoms with Crippen molar-refractivity contribution in [1.82, 2.24) is 0 Å². The van der Waals surface area contributed by atoms with Crippen LogP contribution in [-0.2, 0) is 11.2 Å². The molecule has 1 unspecified atom stereocenters. The highest BCUT2D eigenvalue weighted by molar-refractivity contribution is 6.32. The van der Waals surface area contributed by atoms with E-state index in [0.29, 0.717) is 5.69 Å². The smallest absolute Gasteiger partial charge is 0.289 e. The summed E-state index contributed by atoms with van der Waals surface area (Å²) < 4.78 is 13.4. The Bertz CT molecular complexity index is 875. The van der Waals surface area contributed by atoms with Gasteiger partial charge in [-0.3, -0.25) is 14.9 Å². The monoisotopic (exact) mass is 377 g/mol. The molecule has 1 N–H and O–H groups in total. The number of amides is 1. The van der Waals surface area contributed by atoms with Crippen molar-refractivity contribution < 1.29 is 14.1 Å². The number of fused-ring (bicyclic) bond motifs is 1. The molecule has 3 rings (SSSR count). The SMILES string of the molecule is CC1CCc2cc(F)ccc2N1CC(=O)Nc1ccc(Cl)c([N+](=O)[O-])c1. The molecule has 2 aromatic carbocycles. The molecule has 0 saturated heterocycles. The van der Waals surface area contributed by atoms with E-state index >= 15 is 0 Å². The standard InChI is InChI=1S/C18H17ClFN3O3/c1-11-2-3-12-8-13(20)4-7-16(12)22(11)10-18(24)21-14-5-6-15(19)17(9-14)23(25)26/h4-9,11H,2-3,10H2,1H3,(H,21,24). The first kappa shape index (κ1) is 18.1. The molecule has 0 fully saturated rings. The number of halogens is 2. The summed E-state index contributed by atoms with van der Waals surface area (Å²) in [4.78, 5) is 24.7. The lowest BCUT2D eigenvalue weighted by Crippen LogP contribution is -2.42. The Hall–Kier alpha value is -2.67. The Kier molecular flexibility index (Phi) is 5.08. The van der Waals surface area contributed by atoms with Crippen molar-refractivity contribution in [2.75, 3.05) is 16.8 Å². The molecule has 1 atom stereocenters. The van der Waals surface area contributed by atoms with Gasteiger partial charge in [-0.15, -0.1) is 0 Å². The van der Waals surface area contributed by atoms with Crippen LogP contribution in [0.5, 0.6) is 0 Å². The summed E-state index contributed by atoms with van der Waals surface area (Å²) in [6.45, 7) is 2.07. The number of nitrogens with one attached hydrogen (secondary N) is 1. The fourth-order valence-electron chi connectivity index (χ4n) is 3.12. The number of nitrogens with zero attached hydrogens (tertiary/aromatic N) is 2. The molecular formula is C18H17ClFN3O3. The average Bonchev–Trinajstić information content (AvgIpc) is 2.59. The highest BCUT2D eigenvalue weighted by Crippen LogP contribution is 2.31. The van der Waals surface area contributed by atoms with Gasteiger partial charge in [-0.25, -0.2) is 4.39 Å². The molecule has 0 aromatic heterocycles. The summed E-state index contributed by atoms with van der Waals surface area (Å²) in [5.41, 5.74) is 1.74. The maximum Gasteiger partial charge on any atom is 0.289 e. The zero-order valence-electron chi connectivity index (χ0n) is 14.0. The fraction of sp³-hybridized carbons (Fsp3) is 0.278. The van der Waals surface area contributed by atoms with Crippen LogP contribution < -0.4 is 10.2 Å². The van der Waals surface area contributed by atoms with Gasteiger partial charge >= 0.3 is 0 Å². The molecule has 1 aliphatic heterocycles. The van der Waals surface area contributed by atoms with Crippen molar-refractivity contribution in [1.29, 1.82) is 0 Å². The van der Waals surface area contributed by atoms with E-state index in [1.54, 1.807) is 6.07 Å². The van der Waals surface area contributed by atoms with E-state index in [9.17, 15) is 19.3 Å². The molecule has 136 valence electrons. The predicted molar refractivity (Wildman–Crippen MR) is 98.3 cm³/mol. The van der Waals surface area contributed by atoms with Gasteiger partial charge in [-0.2, -0.15) is 0 Å². The van der Waals surface area contributed by atoms with Gasteiger partial charge in [0.25, 0.3) is 5.69 Å². The Morgan fingerprint density at radius 1 is 1.38 bits per heavy atom. The molecular weight excluding hydrogens is 361 g/mol. The van der Waals surface area contributed by atoms with E-state index < -0.39 is 4.92 Å². The van der Waals surface area contributed by atoms with Gasteiger partial charge in [-0.1, -0.05) is 11.6 Å². The molecule has 1 heterocycles. The third-order valence-corrected chi connectivity index (χ3v) is 4.77. The maximum atomic E-state index is 13.4. The Morgan fingerprint density at radius 2 is 2.15 bits per heavy atom. The van der Waals surface area contributed by atoms with Crippen molar-refractivity contribution in [2.24, 2.45) is 0 Å². The molecule has 1 amide bonds. The lowest BCUT2D eigenvalue weighted by atomic mass is 9.96. The van der Waals surface area contributed by atoms with Gasteiger partial charge in [0.15, 0.2) is 0 Å². The number of carbonyl (C=O) groups is 1. The minimum absolute atomic E-state index is 0.00797. The second kappa shape index (κ2) is 7.29. The normalized spacial score (nSPS) is 16.1.